The largest absolute Gasteiger partial charge is 0.309 e. The second-order valence-electron chi connectivity index (χ2n) is 18.9. The fraction of sp³-hybridized carbons (Fsp3) is 0.0476. The maximum Gasteiger partial charge on any atom is 0.0544 e. The molecule has 308 valence electrons. The first-order valence-corrected chi connectivity index (χ1v) is 23.1. The molecule has 0 N–H and O–H groups in total. The summed E-state index contributed by atoms with van der Waals surface area (Å²) in [5.74, 6) is 0. The quantitative estimate of drug-likeness (QED) is 0.157. The zero-order valence-corrected chi connectivity index (χ0v) is 36.5. The minimum absolute atomic E-state index is 0.249. The molecule has 0 atom stereocenters. The molecule has 0 radical (unpaired) electrons. The highest BCUT2D eigenvalue weighted by Gasteiger charge is 2.37. The Morgan fingerprint density at radius 1 is 0.242 bits per heavy atom. The van der Waals surface area contributed by atoms with E-state index < -0.39 is 0 Å². The van der Waals surface area contributed by atoms with Crippen LogP contribution in [0.1, 0.15) is 25.0 Å². The smallest absolute Gasteiger partial charge is 0.0544 e. The third-order valence-corrected chi connectivity index (χ3v) is 15.2. The van der Waals surface area contributed by atoms with E-state index in [9.17, 15) is 0 Å². The number of nitrogens with zero attached hydrogens (tertiary/aromatic N) is 3. The molecule has 0 unspecified atom stereocenters. The van der Waals surface area contributed by atoms with Gasteiger partial charge in [-0.05, 0) is 140 Å². The maximum absolute atomic E-state index is 2.51. The first kappa shape index (κ1) is 36.0. The van der Waals surface area contributed by atoms with Crippen molar-refractivity contribution in [2.75, 3.05) is 0 Å². The molecular weight excluding hydrogens is 799 g/mol. The Bertz CT molecular complexity index is 4390. The predicted octanol–water partition coefficient (Wildman–Crippen LogP) is 16.7. The van der Waals surface area contributed by atoms with Gasteiger partial charge in [-0.2, -0.15) is 0 Å². The normalized spacial score (nSPS) is 13.4. The van der Waals surface area contributed by atoms with Crippen molar-refractivity contribution in [2.24, 2.45) is 0 Å². The highest BCUT2D eigenvalue weighted by molar-refractivity contribution is 6.26. The predicted molar refractivity (Wildman–Crippen MR) is 280 cm³/mol. The van der Waals surface area contributed by atoms with Gasteiger partial charge in [0.1, 0.15) is 0 Å². The molecule has 1 aliphatic carbocycles. The van der Waals surface area contributed by atoms with Gasteiger partial charge in [0.05, 0.1) is 33.1 Å². The molecule has 0 amide bonds. The summed E-state index contributed by atoms with van der Waals surface area (Å²) in [4.78, 5) is 0. The Morgan fingerprint density at radius 3 is 1.09 bits per heavy atom. The van der Waals surface area contributed by atoms with E-state index in [1.807, 2.05) is 0 Å². The van der Waals surface area contributed by atoms with Gasteiger partial charge in [0.25, 0.3) is 0 Å². The fourth-order valence-corrected chi connectivity index (χ4v) is 12.2. The third kappa shape index (κ3) is 4.66. The van der Waals surface area contributed by atoms with Gasteiger partial charge in [0.2, 0.25) is 0 Å². The van der Waals surface area contributed by atoms with Crippen molar-refractivity contribution in [2.45, 2.75) is 19.3 Å². The van der Waals surface area contributed by atoms with E-state index in [0.717, 1.165) is 0 Å². The van der Waals surface area contributed by atoms with Crippen molar-refractivity contribution >= 4 is 97.7 Å². The molecule has 0 saturated carbocycles. The summed E-state index contributed by atoms with van der Waals surface area (Å²) in [7, 11) is 0. The van der Waals surface area contributed by atoms with E-state index in [2.05, 4.69) is 240 Å². The highest BCUT2D eigenvalue weighted by atomic mass is 15.0. The lowest BCUT2D eigenvalue weighted by Gasteiger charge is -2.22. The van der Waals surface area contributed by atoms with E-state index in [0.29, 0.717) is 0 Å². The number of rotatable bonds is 3. The molecule has 0 aliphatic heterocycles. The minimum atomic E-state index is -0.249. The summed E-state index contributed by atoms with van der Waals surface area (Å²) in [6.07, 6.45) is 0. The third-order valence-electron chi connectivity index (χ3n) is 15.2. The van der Waals surface area contributed by atoms with Crippen molar-refractivity contribution in [1.29, 1.82) is 0 Å². The standard InChI is InChI=1S/C63H41N3/c1-63(2)55-36-61-53(47-23-11-14-26-58(47)65(61)39-28-30-45-43-20-7-6-18-41(43)42-19-8-9-21-44(42)49(45)32-39)34-50(55)51-35-54-48-24-12-15-27-59(48)66(62(54)37-56(51)63)40-29-31-60-52(33-40)46-22-10-13-25-57(46)64(60)38-16-4-3-5-17-38/h3-37H,1-2H3. The molecule has 3 aromatic heterocycles. The van der Waals surface area contributed by atoms with Gasteiger partial charge in [-0.15, -0.1) is 0 Å². The highest BCUT2D eigenvalue weighted by Crippen LogP contribution is 2.53. The molecule has 1 aliphatic rings. The van der Waals surface area contributed by atoms with Gasteiger partial charge >= 0.3 is 0 Å². The summed E-state index contributed by atoms with van der Waals surface area (Å²) >= 11 is 0. The maximum atomic E-state index is 2.51. The molecule has 0 bridgehead atoms. The lowest BCUT2D eigenvalue weighted by molar-refractivity contribution is 0.661. The molecule has 3 heteroatoms. The summed E-state index contributed by atoms with van der Waals surface area (Å²) < 4.78 is 7.41. The number of aromatic nitrogens is 3. The Kier molecular flexibility index (Phi) is 7.02. The van der Waals surface area contributed by atoms with Gasteiger partial charge in [-0.3, -0.25) is 0 Å². The van der Waals surface area contributed by atoms with Crippen LogP contribution >= 0.6 is 0 Å². The monoisotopic (exact) mass is 839 g/mol. The van der Waals surface area contributed by atoms with Crippen LogP contribution in [0.15, 0.2) is 212 Å². The number of para-hydroxylation sites is 4. The Balaban J connectivity index is 0.951. The van der Waals surface area contributed by atoms with E-state index in [1.165, 1.54) is 137 Å². The van der Waals surface area contributed by atoms with E-state index in [-0.39, 0.29) is 5.41 Å². The van der Waals surface area contributed by atoms with E-state index >= 15 is 0 Å². The van der Waals surface area contributed by atoms with Gasteiger partial charge in [-0.1, -0.05) is 141 Å². The Labute approximate surface area is 380 Å². The summed E-state index contributed by atoms with van der Waals surface area (Å²) in [5, 5.41) is 15.3. The summed E-state index contributed by atoms with van der Waals surface area (Å²) in [6.45, 7) is 4.85. The Morgan fingerprint density at radius 2 is 0.591 bits per heavy atom. The molecule has 14 aromatic rings. The Hall–Kier alpha value is -8.40. The van der Waals surface area contributed by atoms with Gasteiger partial charge in [0.15, 0.2) is 0 Å². The van der Waals surface area contributed by atoms with Crippen LogP contribution in [0.2, 0.25) is 0 Å². The molecule has 3 nitrogen and oxygen atoms in total. The second kappa shape index (κ2) is 12.9. The van der Waals surface area contributed by atoms with Gasteiger partial charge in [-0.25, -0.2) is 0 Å². The molecule has 11 aromatic carbocycles. The molecular formula is C63H41N3. The molecule has 66 heavy (non-hydrogen) atoms. The summed E-state index contributed by atoms with van der Waals surface area (Å²) in [5.41, 5.74) is 16.0. The molecule has 3 heterocycles. The zero-order chi connectivity index (χ0) is 43.4. The molecule has 15 rings (SSSR count). The molecule has 0 saturated heterocycles. The minimum Gasteiger partial charge on any atom is -0.309 e. The SMILES string of the molecule is CC1(C)c2cc3c(cc2-c2cc4c5ccccc5n(-c5ccc6c(c5)c5ccccc5n6-c5ccccc5)c4cc21)c1ccccc1n3-c1ccc2c3ccccc3c3ccccc3c2c1. The number of hydrogen-bond donors (Lipinski definition) is 0. The van der Waals surface area contributed by atoms with Gasteiger partial charge < -0.3 is 13.7 Å². The van der Waals surface area contributed by atoms with Crippen LogP contribution in [-0.2, 0) is 5.41 Å². The van der Waals surface area contributed by atoms with Crippen LogP contribution in [0.3, 0.4) is 0 Å². The zero-order valence-electron chi connectivity index (χ0n) is 36.5. The van der Waals surface area contributed by atoms with E-state index in [4.69, 9.17) is 0 Å². The van der Waals surface area contributed by atoms with Crippen LogP contribution < -0.4 is 0 Å². The topological polar surface area (TPSA) is 14.8 Å². The first-order chi connectivity index (χ1) is 32.5. The van der Waals surface area contributed by atoms with Crippen LogP contribution in [0.5, 0.6) is 0 Å². The van der Waals surface area contributed by atoms with Crippen LogP contribution in [-0.4, -0.2) is 13.7 Å². The van der Waals surface area contributed by atoms with E-state index in [1.54, 1.807) is 0 Å². The van der Waals surface area contributed by atoms with Crippen molar-refractivity contribution in [3.63, 3.8) is 0 Å². The summed E-state index contributed by atoms with van der Waals surface area (Å²) in [6, 6.07) is 79.3. The van der Waals surface area contributed by atoms with Crippen molar-refractivity contribution in [1.82, 2.24) is 13.7 Å². The van der Waals surface area contributed by atoms with Crippen LogP contribution in [0.25, 0.3) is 126 Å². The molecule has 0 spiro atoms. The number of hydrogen-bond acceptors (Lipinski definition) is 0. The average molecular weight is 840 g/mol. The van der Waals surface area contributed by atoms with Crippen molar-refractivity contribution in [3.8, 4) is 28.2 Å². The van der Waals surface area contributed by atoms with Crippen molar-refractivity contribution in [3.05, 3.63) is 223 Å². The van der Waals surface area contributed by atoms with Crippen LogP contribution in [0.4, 0.5) is 0 Å². The van der Waals surface area contributed by atoms with Crippen LogP contribution in [0, 0.1) is 0 Å². The first-order valence-electron chi connectivity index (χ1n) is 23.1. The second-order valence-corrected chi connectivity index (χ2v) is 18.9. The average Bonchev–Trinajstić information content (AvgIpc) is 4.05. The van der Waals surface area contributed by atoms with Gasteiger partial charge in [0, 0.05) is 54.8 Å². The molecule has 0 fully saturated rings. The number of fused-ring (bicyclic) bond motifs is 18. The lowest BCUT2D eigenvalue weighted by Crippen LogP contribution is -2.15. The number of benzene rings is 11. The van der Waals surface area contributed by atoms with Crippen molar-refractivity contribution < 1.29 is 0 Å². The fourth-order valence-electron chi connectivity index (χ4n) is 12.2. The lowest BCUT2D eigenvalue weighted by atomic mass is 9.82.